The van der Waals surface area contributed by atoms with Crippen LogP contribution in [0.25, 0.3) is 5.65 Å². The molecule has 1 aliphatic carbocycles. The highest BCUT2D eigenvalue weighted by Gasteiger charge is 2.28. The topological polar surface area (TPSA) is 62.2 Å². The van der Waals surface area contributed by atoms with Crippen LogP contribution in [0, 0.1) is 0 Å². The third kappa shape index (κ3) is 1.50. The predicted molar refractivity (Wildman–Crippen MR) is 68.0 cm³/mol. The Morgan fingerprint density at radius 1 is 1.28 bits per heavy atom. The number of hydrogen-bond acceptors (Lipinski definition) is 3. The molecular weight excluding hydrogens is 228 g/mol. The van der Waals surface area contributed by atoms with E-state index in [0.717, 1.165) is 30.9 Å². The summed E-state index contributed by atoms with van der Waals surface area (Å²) in [5.74, 6) is 1.000. The van der Waals surface area contributed by atoms with Gasteiger partial charge in [0.25, 0.3) is 5.56 Å². The lowest BCUT2D eigenvalue weighted by atomic mass is 10.0. The molecule has 1 unspecified atom stereocenters. The SMILES string of the molecule is O=c1cc(C2CCNC2)nc2c(C3CC3)c[nH]n12. The van der Waals surface area contributed by atoms with Crippen LogP contribution in [0.15, 0.2) is 17.1 Å². The molecule has 2 aromatic heterocycles. The summed E-state index contributed by atoms with van der Waals surface area (Å²) in [6.45, 7) is 1.96. The van der Waals surface area contributed by atoms with E-state index in [1.165, 1.54) is 18.4 Å². The van der Waals surface area contributed by atoms with Crippen molar-refractivity contribution < 1.29 is 0 Å². The van der Waals surface area contributed by atoms with Crippen molar-refractivity contribution in [1.82, 2.24) is 19.9 Å². The summed E-state index contributed by atoms with van der Waals surface area (Å²) in [5.41, 5.74) is 3.01. The second kappa shape index (κ2) is 3.68. The number of nitrogens with one attached hydrogen (secondary N) is 2. The molecule has 2 aliphatic rings. The van der Waals surface area contributed by atoms with Crippen LogP contribution in [-0.4, -0.2) is 27.7 Å². The number of H-pyrrole nitrogens is 1. The van der Waals surface area contributed by atoms with Crippen LogP contribution < -0.4 is 10.9 Å². The van der Waals surface area contributed by atoms with Gasteiger partial charge in [0.2, 0.25) is 0 Å². The fourth-order valence-corrected chi connectivity index (χ4v) is 2.83. The first kappa shape index (κ1) is 10.3. The summed E-state index contributed by atoms with van der Waals surface area (Å²) >= 11 is 0. The quantitative estimate of drug-likeness (QED) is 0.827. The number of aromatic nitrogens is 3. The molecule has 5 heteroatoms. The molecule has 4 rings (SSSR count). The van der Waals surface area contributed by atoms with E-state index in [4.69, 9.17) is 4.98 Å². The van der Waals surface area contributed by atoms with Crippen LogP contribution in [0.3, 0.4) is 0 Å². The van der Waals surface area contributed by atoms with Gasteiger partial charge in [0.05, 0.1) is 5.69 Å². The standard InChI is InChI=1S/C13H16N4O/c18-12-5-11(9-3-4-14-6-9)16-13-10(8-1-2-8)7-15-17(12)13/h5,7-9,14-15H,1-4,6H2. The number of nitrogens with zero attached hydrogens (tertiary/aromatic N) is 2. The van der Waals surface area contributed by atoms with Gasteiger partial charge in [-0.3, -0.25) is 9.89 Å². The molecule has 3 heterocycles. The van der Waals surface area contributed by atoms with E-state index in [0.29, 0.717) is 11.8 Å². The lowest BCUT2D eigenvalue weighted by Crippen LogP contribution is -2.18. The van der Waals surface area contributed by atoms with Crippen molar-refractivity contribution in [2.45, 2.75) is 31.1 Å². The van der Waals surface area contributed by atoms with Gasteiger partial charge in [-0.1, -0.05) is 0 Å². The fourth-order valence-electron chi connectivity index (χ4n) is 2.83. The van der Waals surface area contributed by atoms with E-state index >= 15 is 0 Å². The number of hydrogen-bond donors (Lipinski definition) is 2. The van der Waals surface area contributed by atoms with E-state index in [9.17, 15) is 4.79 Å². The first-order chi connectivity index (χ1) is 8.83. The van der Waals surface area contributed by atoms with Gasteiger partial charge in [0.15, 0.2) is 5.65 Å². The number of rotatable bonds is 2. The summed E-state index contributed by atoms with van der Waals surface area (Å²) in [6, 6.07) is 1.68. The summed E-state index contributed by atoms with van der Waals surface area (Å²) in [7, 11) is 0. The monoisotopic (exact) mass is 244 g/mol. The molecule has 2 fully saturated rings. The van der Waals surface area contributed by atoms with Gasteiger partial charge in [-0.2, -0.15) is 0 Å². The minimum Gasteiger partial charge on any atom is -0.316 e. The average molecular weight is 244 g/mol. The lowest BCUT2D eigenvalue weighted by molar-refractivity contribution is 0.725. The Labute approximate surface area is 104 Å². The molecule has 5 nitrogen and oxygen atoms in total. The van der Waals surface area contributed by atoms with Crippen LogP contribution in [0.1, 0.15) is 42.4 Å². The first-order valence-electron chi connectivity index (χ1n) is 6.64. The molecular formula is C13H16N4O. The van der Waals surface area contributed by atoms with Gasteiger partial charge >= 0.3 is 0 Å². The Kier molecular flexibility index (Phi) is 2.11. The van der Waals surface area contributed by atoms with Crippen LogP contribution in [0.5, 0.6) is 0 Å². The summed E-state index contributed by atoms with van der Waals surface area (Å²) in [4.78, 5) is 16.8. The maximum atomic E-state index is 12.1. The molecule has 1 saturated carbocycles. The fraction of sp³-hybridized carbons (Fsp3) is 0.538. The molecule has 0 amide bonds. The number of fused-ring (bicyclic) bond motifs is 1. The van der Waals surface area contributed by atoms with Crippen LogP contribution in [0.4, 0.5) is 0 Å². The van der Waals surface area contributed by atoms with Crippen molar-refractivity contribution in [3.05, 3.63) is 33.9 Å². The zero-order chi connectivity index (χ0) is 12.1. The van der Waals surface area contributed by atoms with Crippen molar-refractivity contribution in [2.75, 3.05) is 13.1 Å². The Morgan fingerprint density at radius 2 is 2.17 bits per heavy atom. The zero-order valence-electron chi connectivity index (χ0n) is 10.1. The Morgan fingerprint density at radius 3 is 2.89 bits per heavy atom. The molecule has 1 atom stereocenters. The maximum Gasteiger partial charge on any atom is 0.272 e. The Bertz CT molecular complexity index is 647. The van der Waals surface area contributed by atoms with E-state index in [1.54, 1.807) is 10.6 Å². The van der Waals surface area contributed by atoms with Crippen molar-refractivity contribution in [2.24, 2.45) is 0 Å². The number of aromatic amines is 1. The van der Waals surface area contributed by atoms with Crippen LogP contribution >= 0.6 is 0 Å². The predicted octanol–water partition coefficient (Wildman–Crippen LogP) is 0.977. The normalized spacial score (nSPS) is 23.9. The van der Waals surface area contributed by atoms with Gasteiger partial charge in [-0.25, -0.2) is 9.50 Å². The molecule has 1 saturated heterocycles. The molecule has 2 aromatic rings. The molecule has 0 radical (unpaired) electrons. The molecule has 2 N–H and O–H groups in total. The highest BCUT2D eigenvalue weighted by molar-refractivity contribution is 5.50. The Balaban J connectivity index is 1.89. The third-order valence-electron chi connectivity index (χ3n) is 4.04. The lowest BCUT2D eigenvalue weighted by Gasteiger charge is -2.07. The first-order valence-corrected chi connectivity index (χ1v) is 6.64. The van der Waals surface area contributed by atoms with Gasteiger partial charge in [0, 0.05) is 30.3 Å². The summed E-state index contributed by atoms with van der Waals surface area (Å²) < 4.78 is 1.57. The smallest absolute Gasteiger partial charge is 0.272 e. The van der Waals surface area contributed by atoms with Crippen molar-refractivity contribution >= 4 is 5.65 Å². The Hall–Kier alpha value is -1.62. The van der Waals surface area contributed by atoms with Crippen LogP contribution in [-0.2, 0) is 0 Å². The van der Waals surface area contributed by atoms with Gasteiger partial charge in [-0.15, -0.1) is 0 Å². The van der Waals surface area contributed by atoms with Gasteiger partial charge in [0.1, 0.15) is 0 Å². The maximum absolute atomic E-state index is 12.1. The van der Waals surface area contributed by atoms with Crippen molar-refractivity contribution in [3.63, 3.8) is 0 Å². The van der Waals surface area contributed by atoms with Crippen molar-refractivity contribution in [1.29, 1.82) is 0 Å². The molecule has 1 aliphatic heterocycles. The molecule has 18 heavy (non-hydrogen) atoms. The second-order valence-electron chi connectivity index (χ2n) is 5.37. The molecule has 94 valence electrons. The minimum atomic E-state index is 0.00815. The van der Waals surface area contributed by atoms with Gasteiger partial charge in [-0.05, 0) is 31.7 Å². The van der Waals surface area contributed by atoms with Crippen LogP contribution in [0.2, 0.25) is 0 Å². The summed E-state index contributed by atoms with van der Waals surface area (Å²) in [5, 5.41) is 6.35. The van der Waals surface area contributed by atoms with Gasteiger partial charge < -0.3 is 5.32 Å². The zero-order valence-corrected chi connectivity index (χ0v) is 10.1. The van der Waals surface area contributed by atoms with Crippen molar-refractivity contribution in [3.8, 4) is 0 Å². The van der Waals surface area contributed by atoms with E-state index < -0.39 is 0 Å². The van der Waals surface area contributed by atoms with E-state index in [1.807, 2.05) is 6.20 Å². The largest absolute Gasteiger partial charge is 0.316 e. The third-order valence-corrected chi connectivity index (χ3v) is 4.04. The minimum absolute atomic E-state index is 0.00815. The second-order valence-corrected chi connectivity index (χ2v) is 5.37. The van der Waals surface area contributed by atoms with E-state index in [-0.39, 0.29) is 5.56 Å². The molecule has 0 spiro atoms. The highest BCUT2D eigenvalue weighted by Crippen LogP contribution is 2.41. The summed E-state index contributed by atoms with van der Waals surface area (Å²) in [6.07, 6.45) is 5.46. The average Bonchev–Trinajstić information content (AvgIpc) is 2.93. The molecule has 0 bridgehead atoms. The van der Waals surface area contributed by atoms with E-state index in [2.05, 4.69) is 10.4 Å². The highest BCUT2D eigenvalue weighted by atomic mass is 16.1. The molecule has 0 aromatic carbocycles.